The van der Waals surface area contributed by atoms with Crippen molar-refractivity contribution in [2.75, 3.05) is 13.2 Å². The van der Waals surface area contributed by atoms with Crippen molar-refractivity contribution in [1.82, 2.24) is 5.32 Å². The molecule has 20 heavy (non-hydrogen) atoms. The molecule has 2 unspecified atom stereocenters. The van der Waals surface area contributed by atoms with Gasteiger partial charge in [0.1, 0.15) is 0 Å². The molecule has 1 amide bonds. The van der Waals surface area contributed by atoms with Crippen LogP contribution in [0.1, 0.15) is 19.3 Å². The van der Waals surface area contributed by atoms with Gasteiger partial charge in [0.25, 0.3) is 5.91 Å². The highest BCUT2D eigenvalue weighted by atomic mass is 79.9. The van der Waals surface area contributed by atoms with E-state index in [4.69, 9.17) is 4.74 Å². The molecule has 110 valence electrons. The second kappa shape index (κ2) is 7.04. The molecule has 2 N–H and O–H groups in total. The van der Waals surface area contributed by atoms with Gasteiger partial charge in [-0.1, -0.05) is 15.9 Å². The first kappa shape index (κ1) is 15.3. The third-order valence-electron chi connectivity index (χ3n) is 3.35. The largest absolute Gasteiger partial charge is 0.481 e. The Hall–Kier alpha value is -1.14. The zero-order chi connectivity index (χ0) is 14.5. The first-order valence-corrected chi connectivity index (χ1v) is 7.36. The number of aliphatic hydroxyl groups excluding tert-OH is 1. The van der Waals surface area contributed by atoms with E-state index >= 15 is 0 Å². The first-order valence-electron chi connectivity index (χ1n) is 6.57. The molecule has 1 fully saturated rings. The Labute approximate surface area is 125 Å². The molecule has 1 saturated carbocycles. The van der Waals surface area contributed by atoms with Gasteiger partial charge in [-0.25, -0.2) is 4.39 Å². The van der Waals surface area contributed by atoms with E-state index in [1.165, 1.54) is 12.1 Å². The summed E-state index contributed by atoms with van der Waals surface area (Å²) in [5.41, 5.74) is 0. The molecule has 0 bridgehead atoms. The molecule has 6 heteroatoms. The third kappa shape index (κ3) is 4.45. The number of benzene rings is 1. The molecule has 0 saturated heterocycles. The average molecular weight is 346 g/mol. The van der Waals surface area contributed by atoms with E-state index in [9.17, 15) is 14.3 Å². The topological polar surface area (TPSA) is 58.6 Å². The average Bonchev–Trinajstić information content (AvgIpc) is 2.81. The molecule has 0 aliphatic heterocycles. The summed E-state index contributed by atoms with van der Waals surface area (Å²) < 4.78 is 19.2. The summed E-state index contributed by atoms with van der Waals surface area (Å²) >= 11 is 3.15. The molecule has 1 aromatic carbocycles. The molecular weight excluding hydrogens is 329 g/mol. The highest BCUT2D eigenvalue weighted by molar-refractivity contribution is 9.10. The number of carbonyl (C=O) groups is 1. The van der Waals surface area contributed by atoms with Crippen molar-refractivity contribution in [3.8, 4) is 5.75 Å². The van der Waals surface area contributed by atoms with E-state index in [1.54, 1.807) is 6.07 Å². The van der Waals surface area contributed by atoms with E-state index in [-0.39, 0.29) is 24.4 Å². The summed E-state index contributed by atoms with van der Waals surface area (Å²) in [7, 11) is 0. The standard InChI is InChI=1S/C14H17BrFNO3/c15-10-2-4-13(12(16)6-10)20-8-14(19)17-7-9-1-3-11(18)5-9/h2,4,6,9,11,18H,1,3,5,7-8H2,(H,17,19). The minimum atomic E-state index is -0.508. The summed E-state index contributed by atoms with van der Waals surface area (Å²) in [5.74, 6) is -0.419. The van der Waals surface area contributed by atoms with Crippen LogP contribution in [-0.4, -0.2) is 30.3 Å². The second-order valence-corrected chi connectivity index (χ2v) is 5.92. The van der Waals surface area contributed by atoms with Crippen LogP contribution in [-0.2, 0) is 4.79 Å². The minimum Gasteiger partial charge on any atom is -0.481 e. The van der Waals surface area contributed by atoms with Crippen LogP contribution in [0.2, 0.25) is 0 Å². The Kier molecular flexibility index (Phi) is 5.37. The third-order valence-corrected chi connectivity index (χ3v) is 3.85. The van der Waals surface area contributed by atoms with Crippen LogP contribution in [0.15, 0.2) is 22.7 Å². The first-order chi connectivity index (χ1) is 9.54. The Morgan fingerprint density at radius 1 is 1.50 bits per heavy atom. The van der Waals surface area contributed by atoms with Crippen molar-refractivity contribution in [2.24, 2.45) is 5.92 Å². The number of halogens is 2. The number of hydrogen-bond donors (Lipinski definition) is 2. The molecule has 1 aliphatic rings. The number of hydrogen-bond acceptors (Lipinski definition) is 3. The lowest BCUT2D eigenvalue weighted by Gasteiger charge is -2.12. The summed E-state index contributed by atoms with van der Waals surface area (Å²) in [6.45, 7) is 0.315. The van der Waals surface area contributed by atoms with E-state index in [0.29, 0.717) is 16.9 Å². The minimum absolute atomic E-state index is 0.0552. The fraction of sp³-hybridized carbons (Fsp3) is 0.500. The number of rotatable bonds is 5. The summed E-state index contributed by atoms with van der Waals surface area (Å²) in [5, 5.41) is 12.1. The molecule has 1 aromatic rings. The molecule has 0 heterocycles. The van der Waals surface area contributed by atoms with Gasteiger partial charge in [0.15, 0.2) is 18.2 Å². The van der Waals surface area contributed by atoms with Gasteiger partial charge in [0, 0.05) is 11.0 Å². The Balaban J connectivity index is 1.72. The van der Waals surface area contributed by atoms with Gasteiger partial charge in [0.2, 0.25) is 0 Å². The number of nitrogens with one attached hydrogen (secondary N) is 1. The lowest BCUT2D eigenvalue weighted by molar-refractivity contribution is -0.123. The van der Waals surface area contributed by atoms with Crippen LogP contribution >= 0.6 is 15.9 Å². The maximum absolute atomic E-state index is 13.5. The number of aliphatic hydroxyl groups is 1. The quantitative estimate of drug-likeness (QED) is 0.860. The van der Waals surface area contributed by atoms with Crippen molar-refractivity contribution in [3.63, 3.8) is 0 Å². The van der Waals surface area contributed by atoms with Gasteiger partial charge in [-0.2, -0.15) is 0 Å². The van der Waals surface area contributed by atoms with Crippen LogP contribution < -0.4 is 10.1 Å². The van der Waals surface area contributed by atoms with E-state index < -0.39 is 5.82 Å². The van der Waals surface area contributed by atoms with E-state index in [2.05, 4.69) is 21.2 Å². The lowest BCUT2D eigenvalue weighted by atomic mass is 10.1. The second-order valence-electron chi connectivity index (χ2n) is 5.00. The summed E-state index contributed by atoms with van der Waals surface area (Å²) in [6.07, 6.45) is 2.19. The fourth-order valence-electron chi connectivity index (χ4n) is 2.28. The van der Waals surface area contributed by atoms with Crippen molar-refractivity contribution >= 4 is 21.8 Å². The number of carbonyl (C=O) groups excluding carboxylic acids is 1. The van der Waals surface area contributed by atoms with Crippen molar-refractivity contribution in [1.29, 1.82) is 0 Å². The Morgan fingerprint density at radius 2 is 2.30 bits per heavy atom. The number of ether oxygens (including phenoxy) is 1. The number of amides is 1. The zero-order valence-corrected chi connectivity index (χ0v) is 12.5. The van der Waals surface area contributed by atoms with Gasteiger partial charge in [-0.15, -0.1) is 0 Å². The predicted molar refractivity (Wildman–Crippen MR) is 76.0 cm³/mol. The van der Waals surface area contributed by atoms with Gasteiger partial charge in [-0.3, -0.25) is 4.79 Å². The molecule has 2 rings (SSSR count). The normalized spacial score (nSPS) is 21.8. The van der Waals surface area contributed by atoms with Crippen LogP contribution in [0.4, 0.5) is 4.39 Å². The van der Waals surface area contributed by atoms with E-state index in [0.717, 1.165) is 19.3 Å². The maximum atomic E-state index is 13.5. The SMILES string of the molecule is O=C(COc1ccc(Br)cc1F)NCC1CCC(O)C1. The molecule has 1 aliphatic carbocycles. The molecule has 0 aromatic heterocycles. The van der Waals surface area contributed by atoms with Crippen LogP contribution in [0.5, 0.6) is 5.75 Å². The molecule has 0 radical (unpaired) electrons. The smallest absolute Gasteiger partial charge is 0.257 e. The molecule has 0 spiro atoms. The fourth-order valence-corrected chi connectivity index (χ4v) is 2.61. The highest BCUT2D eigenvalue weighted by Gasteiger charge is 2.22. The van der Waals surface area contributed by atoms with Crippen molar-refractivity contribution in [3.05, 3.63) is 28.5 Å². The van der Waals surface area contributed by atoms with Crippen LogP contribution in [0.3, 0.4) is 0 Å². The van der Waals surface area contributed by atoms with Gasteiger partial charge in [-0.05, 0) is 43.4 Å². The maximum Gasteiger partial charge on any atom is 0.257 e. The van der Waals surface area contributed by atoms with Crippen LogP contribution in [0.25, 0.3) is 0 Å². The summed E-state index contributed by atoms with van der Waals surface area (Å²) in [6, 6.07) is 4.41. The molecule has 4 nitrogen and oxygen atoms in total. The Morgan fingerprint density at radius 3 is 2.95 bits per heavy atom. The zero-order valence-electron chi connectivity index (χ0n) is 10.9. The highest BCUT2D eigenvalue weighted by Crippen LogP contribution is 2.24. The summed E-state index contributed by atoms with van der Waals surface area (Å²) in [4.78, 5) is 11.6. The Bertz CT molecular complexity index is 483. The van der Waals surface area contributed by atoms with E-state index in [1.807, 2.05) is 0 Å². The van der Waals surface area contributed by atoms with Crippen LogP contribution in [0, 0.1) is 11.7 Å². The van der Waals surface area contributed by atoms with Gasteiger partial charge >= 0.3 is 0 Å². The van der Waals surface area contributed by atoms with Crippen molar-refractivity contribution < 1.29 is 19.0 Å². The van der Waals surface area contributed by atoms with Crippen molar-refractivity contribution in [2.45, 2.75) is 25.4 Å². The molecular formula is C14H17BrFNO3. The van der Waals surface area contributed by atoms with Gasteiger partial charge in [0.05, 0.1) is 6.10 Å². The lowest BCUT2D eigenvalue weighted by Crippen LogP contribution is -2.32. The molecule has 2 atom stereocenters. The van der Waals surface area contributed by atoms with Gasteiger partial charge < -0.3 is 15.2 Å². The monoisotopic (exact) mass is 345 g/mol. The predicted octanol–water partition coefficient (Wildman–Crippen LogP) is 2.24.